The van der Waals surface area contributed by atoms with Gasteiger partial charge in [0.2, 0.25) is 0 Å². The topological polar surface area (TPSA) is 63.2 Å². The molecule has 3 rings (SSSR count). The third kappa shape index (κ3) is 2.60. The van der Waals surface area contributed by atoms with Crippen molar-refractivity contribution in [2.24, 2.45) is 0 Å². The molecule has 2 heterocycles. The van der Waals surface area contributed by atoms with Crippen molar-refractivity contribution in [3.05, 3.63) is 40.5 Å². The number of rotatable bonds is 2. The number of aryl methyl sites for hydroxylation is 1. The van der Waals surface area contributed by atoms with Gasteiger partial charge in [-0.3, -0.25) is 4.79 Å². The number of hydrogen-bond donors (Lipinski definition) is 2. The van der Waals surface area contributed by atoms with Crippen LogP contribution in [0, 0.1) is 6.92 Å². The Bertz CT molecular complexity index is 688. The Kier molecular flexibility index (Phi) is 3.31. The Labute approximate surface area is 124 Å². The Morgan fingerprint density at radius 1 is 1.35 bits per heavy atom. The maximum atomic E-state index is 11.3. The van der Waals surface area contributed by atoms with E-state index >= 15 is 0 Å². The van der Waals surface area contributed by atoms with Crippen LogP contribution in [0.2, 0.25) is 0 Å². The second-order valence-corrected chi connectivity index (χ2v) is 5.29. The van der Waals surface area contributed by atoms with E-state index in [9.17, 15) is 4.79 Å². The van der Waals surface area contributed by atoms with E-state index in [0.717, 1.165) is 21.7 Å². The molecule has 0 spiro atoms. The summed E-state index contributed by atoms with van der Waals surface area (Å²) in [4.78, 5) is 15.7. The molecule has 0 saturated carbocycles. The average molecular weight is 334 g/mol. The molecule has 102 valence electrons. The fourth-order valence-corrected chi connectivity index (χ4v) is 2.14. The molecule has 0 radical (unpaired) electrons. The van der Waals surface area contributed by atoms with Crippen LogP contribution < -0.4 is 15.4 Å². The predicted octanol–water partition coefficient (Wildman–Crippen LogP) is 3.23. The van der Waals surface area contributed by atoms with Gasteiger partial charge in [-0.2, -0.15) is 0 Å². The minimum absolute atomic E-state index is 0.0627. The molecule has 1 aromatic carbocycles. The third-order valence-corrected chi connectivity index (χ3v) is 3.74. The maximum Gasteiger partial charge on any atom is 0.262 e. The van der Waals surface area contributed by atoms with Crippen LogP contribution in [0.3, 0.4) is 0 Å². The van der Waals surface area contributed by atoms with Gasteiger partial charge in [-0.15, -0.1) is 0 Å². The van der Waals surface area contributed by atoms with Crippen molar-refractivity contribution in [2.75, 3.05) is 17.2 Å². The smallest absolute Gasteiger partial charge is 0.262 e. The van der Waals surface area contributed by atoms with E-state index < -0.39 is 0 Å². The number of halogens is 1. The van der Waals surface area contributed by atoms with Crippen LogP contribution in [0.1, 0.15) is 5.69 Å². The number of pyridine rings is 1. The summed E-state index contributed by atoms with van der Waals surface area (Å²) in [5.74, 6) is 1.27. The molecule has 0 saturated heterocycles. The molecule has 2 aromatic rings. The van der Waals surface area contributed by atoms with Crippen LogP contribution in [0.4, 0.5) is 17.2 Å². The maximum absolute atomic E-state index is 11.3. The molecule has 6 heteroatoms. The van der Waals surface area contributed by atoms with Crippen molar-refractivity contribution in [2.45, 2.75) is 6.92 Å². The van der Waals surface area contributed by atoms with Gasteiger partial charge in [0, 0.05) is 10.2 Å². The van der Waals surface area contributed by atoms with Gasteiger partial charge in [0.1, 0.15) is 11.6 Å². The van der Waals surface area contributed by atoms with Crippen LogP contribution >= 0.6 is 15.9 Å². The largest absolute Gasteiger partial charge is 0.482 e. The molecule has 0 unspecified atom stereocenters. The Morgan fingerprint density at radius 2 is 2.20 bits per heavy atom. The van der Waals surface area contributed by atoms with E-state index in [1.54, 1.807) is 0 Å². The quantitative estimate of drug-likeness (QED) is 0.885. The molecule has 0 fully saturated rings. The second-order valence-electron chi connectivity index (χ2n) is 4.44. The molecular formula is C14H12BrN3O2. The summed E-state index contributed by atoms with van der Waals surface area (Å²) >= 11 is 3.42. The van der Waals surface area contributed by atoms with Gasteiger partial charge < -0.3 is 15.4 Å². The van der Waals surface area contributed by atoms with Gasteiger partial charge in [-0.05, 0) is 53.2 Å². The van der Waals surface area contributed by atoms with E-state index in [2.05, 4.69) is 31.5 Å². The standard InChI is InChI=1S/C14H12BrN3O2/c1-8-10(15)3-5-13(16-8)17-9-2-4-12-11(6-9)18-14(19)7-20-12/h2-6H,7H2,1H3,(H,16,17)(H,18,19). The molecule has 1 aliphatic rings. The highest BCUT2D eigenvalue weighted by Gasteiger charge is 2.15. The van der Waals surface area contributed by atoms with Gasteiger partial charge in [-0.25, -0.2) is 4.98 Å². The lowest BCUT2D eigenvalue weighted by molar-refractivity contribution is -0.118. The van der Waals surface area contributed by atoms with Crippen LogP contribution in [0.5, 0.6) is 5.75 Å². The number of anilines is 3. The summed E-state index contributed by atoms with van der Waals surface area (Å²) in [5.41, 5.74) is 2.41. The lowest BCUT2D eigenvalue weighted by atomic mass is 10.2. The fraction of sp³-hybridized carbons (Fsp3) is 0.143. The average Bonchev–Trinajstić information content (AvgIpc) is 2.42. The molecule has 1 aliphatic heterocycles. The lowest BCUT2D eigenvalue weighted by Gasteiger charge is -2.18. The molecular weight excluding hydrogens is 322 g/mol. The first kappa shape index (κ1) is 12.9. The normalized spacial score (nSPS) is 13.2. The number of hydrogen-bond acceptors (Lipinski definition) is 4. The molecule has 5 nitrogen and oxygen atoms in total. The highest BCUT2D eigenvalue weighted by Crippen LogP contribution is 2.31. The van der Waals surface area contributed by atoms with Crippen LogP contribution in [-0.2, 0) is 4.79 Å². The SMILES string of the molecule is Cc1nc(Nc2ccc3c(c2)NC(=O)CO3)ccc1Br. The number of nitrogens with one attached hydrogen (secondary N) is 2. The third-order valence-electron chi connectivity index (χ3n) is 2.91. The number of fused-ring (bicyclic) bond motifs is 1. The number of carbonyl (C=O) groups excluding carboxylic acids is 1. The molecule has 1 amide bonds. The van der Waals surface area contributed by atoms with Crippen LogP contribution in [0.15, 0.2) is 34.8 Å². The number of nitrogens with zero attached hydrogens (tertiary/aromatic N) is 1. The summed E-state index contributed by atoms with van der Waals surface area (Å²) < 4.78 is 6.28. The number of aromatic nitrogens is 1. The summed E-state index contributed by atoms with van der Waals surface area (Å²) in [5, 5.41) is 5.97. The summed E-state index contributed by atoms with van der Waals surface area (Å²) in [7, 11) is 0. The molecule has 0 bridgehead atoms. The summed E-state index contributed by atoms with van der Waals surface area (Å²) in [6.07, 6.45) is 0. The Morgan fingerprint density at radius 3 is 3.00 bits per heavy atom. The van der Waals surface area contributed by atoms with Crippen molar-refractivity contribution in [3.8, 4) is 5.75 Å². The minimum atomic E-state index is -0.146. The first-order valence-corrected chi connectivity index (χ1v) is 6.88. The molecule has 20 heavy (non-hydrogen) atoms. The monoisotopic (exact) mass is 333 g/mol. The van der Waals surface area contributed by atoms with Crippen LogP contribution in [-0.4, -0.2) is 17.5 Å². The first-order chi connectivity index (χ1) is 9.61. The Balaban J connectivity index is 1.86. The summed E-state index contributed by atoms with van der Waals surface area (Å²) in [6, 6.07) is 9.35. The van der Waals surface area contributed by atoms with Crippen molar-refractivity contribution in [1.82, 2.24) is 4.98 Å². The van der Waals surface area contributed by atoms with E-state index in [1.165, 1.54) is 0 Å². The zero-order valence-electron chi connectivity index (χ0n) is 10.7. The van der Waals surface area contributed by atoms with Gasteiger partial charge in [0.15, 0.2) is 6.61 Å². The number of amides is 1. The van der Waals surface area contributed by atoms with Gasteiger partial charge in [0.25, 0.3) is 5.91 Å². The highest BCUT2D eigenvalue weighted by molar-refractivity contribution is 9.10. The zero-order chi connectivity index (χ0) is 14.1. The van der Waals surface area contributed by atoms with E-state index in [4.69, 9.17) is 4.74 Å². The second kappa shape index (κ2) is 5.13. The highest BCUT2D eigenvalue weighted by atomic mass is 79.9. The van der Waals surface area contributed by atoms with Gasteiger partial charge >= 0.3 is 0 Å². The number of benzene rings is 1. The summed E-state index contributed by atoms with van der Waals surface area (Å²) in [6.45, 7) is 1.99. The van der Waals surface area contributed by atoms with Crippen LogP contribution in [0.25, 0.3) is 0 Å². The minimum Gasteiger partial charge on any atom is -0.482 e. The van der Waals surface area contributed by atoms with E-state index in [0.29, 0.717) is 11.4 Å². The number of carbonyl (C=O) groups is 1. The predicted molar refractivity (Wildman–Crippen MR) is 80.5 cm³/mol. The lowest BCUT2D eigenvalue weighted by Crippen LogP contribution is -2.25. The van der Waals surface area contributed by atoms with Crippen molar-refractivity contribution in [1.29, 1.82) is 0 Å². The van der Waals surface area contributed by atoms with Gasteiger partial charge in [0.05, 0.1) is 11.4 Å². The zero-order valence-corrected chi connectivity index (χ0v) is 12.3. The van der Waals surface area contributed by atoms with Crippen molar-refractivity contribution < 1.29 is 9.53 Å². The van der Waals surface area contributed by atoms with Crippen molar-refractivity contribution >= 4 is 39.0 Å². The van der Waals surface area contributed by atoms with E-state index in [1.807, 2.05) is 37.3 Å². The molecule has 2 N–H and O–H groups in total. The van der Waals surface area contributed by atoms with E-state index in [-0.39, 0.29) is 12.5 Å². The first-order valence-electron chi connectivity index (χ1n) is 6.09. The Hall–Kier alpha value is -2.08. The molecule has 0 atom stereocenters. The van der Waals surface area contributed by atoms with Gasteiger partial charge in [-0.1, -0.05) is 0 Å². The molecule has 1 aromatic heterocycles. The fourth-order valence-electron chi connectivity index (χ4n) is 1.92. The van der Waals surface area contributed by atoms with Crippen molar-refractivity contribution in [3.63, 3.8) is 0 Å². The molecule has 0 aliphatic carbocycles. The number of ether oxygens (including phenoxy) is 1.